The SMILES string of the molecule is N#Cc1ccc(S(=O)(=O)NCc2cccc(CO)c2)s1. The monoisotopic (exact) mass is 308 g/mol. The number of sulfonamides is 1. The number of rotatable bonds is 5. The number of nitrogens with one attached hydrogen (secondary N) is 1. The van der Waals surface area contributed by atoms with E-state index in [1.807, 2.05) is 6.07 Å². The van der Waals surface area contributed by atoms with Crippen LogP contribution in [0.25, 0.3) is 0 Å². The molecule has 0 saturated heterocycles. The number of aliphatic hydroxyl groups is 1. The van der Waals surface area contributed by atoms with Crippen molar-refractivity contribution in [2.75, 3.05) is 0 Å². The molecular formula is C13H12N2O3S2. The summed E-state index contributed by atoms with van der Waals surface area (Å²) in [5.41, 5.74) is 1.49. The van der Waals surface area contributed by atoms with Crippen molar-refractivity contribution in [3.8, 4) is 6.07 Å². The number of thiophene rings is 1. The Morgan fingerprint density at radius 3 is 2.65 bits per heavy atom. The lowest BCUT2D eigenvalue weighted by Gasteiger charge is -2.06. The van der Waals surface area contributed by atoms with Gasteiger partial charge in [0, 0.05) is 6.54 Å². The lowest BCUT2D eigenvalue weighted by Crippen LogP contribution is -2.22. The van der Waals surface area contributed by atoms with E-state index in [9.17, 15) is 8.42 Å². The molecule has 0 aliphatic carbocycles. The highest BCUT2D eigenvalue weighted by Gasteiger charge is 2.16. The molecule has 20 heavy (non-hydrogen) atoms. The van der Waals surface area contributed by atoms with Gasteiger partial charge in [-0.25, -0.2) is 13.1 Å². The third-order valence-electron chi connectivity index (χ3n) is 2.60. The van der Waals surface area contributed by atoms with E-state index >= 15 is 0 Å². The van der Waals surface area contributed by atoms with Crippen LogP contribution in [-0.4, -0.2) is 13.5 Å². The molecule has 0 unspecified atom stereocenters. The third-order valence-corrected chi connectivity index (χ3v) is 5.48. The van der Waals surface area contributed by atoms with E-state index in [2.05, 4.69) is 4.72 Å². The van der Waals surface area contributed by atoms with Crippen molar-refractivity contribution in [3.63, 3.8) is 0 Å². The maximum absolute atomic E-state index is 12.0. The van der Waals surface area contributed by atoms with Crippen LogP contribution in [0.1, 0.15) is 16.0 Å². The summed E-state index contributed by atoms with van der Waals surface area (Å²) in [5.74, 6) is 0. The Morgan fingerprint density at radius 2 is 2.00 bits per heavy atom. The largest absolute Gasteiger partial charge is 0.392 e. The van der Waals surface area contributed by atoms with E-state index in [4.69, 9.17) is 10.4 Å². The van der Waals surface area contributed by atoms with Crippen molar-refractivity contribution in [2.45, 2.75) is 17.4 Å². The van der Waals surface area contributed by atoms with E-state index in [0.29, 0.717) is 4.88 Å². The number of benzene rings is 1. The summed E-state index contributed by atoms with van der Waals surface area (Å²) in [6.07, 6.45) is 0. The van der Waals surface area contributed by atoms with Crippen LogP contribution in [0.15, 0.2) is 40.6 Å². The Kier molecular flexibility index (Phi) is 4.52. The van der Waals surface area contributed by atoms with Gasteiger partial charge in [-0.2, -0.15) is 5.26 Å². The second kappa shape index (κ2) is 6.15. The molecule has 0 saturated carbocycles. The molecule has 5 nitrogen and oxygen atoms in total. The van der Waals surface area contributed by atoms with Gasteiger partial charge < -0.3 is 5.11 Å². The maximum atomic E-state index is 12.0. The minimum atomic E-state index is -3.61. The lowest BCUT2D eigenvalue weighted by molar-refractivity contribution is 0.281. The van der Waals surface area contributed by atoms with Crippen molar-refractivity contribution in [1.82, 2.24) is 4.72 Å². The van der Waals surface area contributed by atoms with Crippen molar-refractivity contribution >= 4 is 21.4 Å². The number of aliphatic hydroxyl groups excluding tert-OH is 1. The van der Waals surface area contributed by atoms with Gasteiger partial charge in [0.25, 0.3) is 0 Å². The average Bonchev–Trinajstić information content (AvgIpc) is 2.95. The third kappa shape index (κ3) is 3.43. The van der Waals surface area contributed by atoms with Crippen molar-refractivity contribution in [3.05, 3.63) is 52.4 Å². The summed E-state index contributed by atoms with van der Waals surface area (Å²) in [4.78, 5) is 0.354. The molecule has 0 amide bonds. The van der Waals surface area contributed by atoms with Crippen LogP contribution < -0.4 is 4.72 Å². The van der Waals surface area contributed by atoms with E-state index < -0.39 is 10.0 Å². The van der Waals surface area contributed by atoms with Crippen LogP contribution >= 0.6 is 11.3 Å². The highest BCUT2D eigenvalue weighted by atomic mass is 32.2. The first-order valence-corrected chi connectivity index (χ1v) is 8.03. The van der Waals surface area contributed by atoms with Gasteiger partial charge in [-0.15, -0.1) is 11.3 Å². The minimum Gasteiger partial charge on any atom is -0.392 e. The molecule has 2 rings (SSSR count). The van der Waals surface area contributed by atoms with Gasteiger partial charge in [0.2, 0.25) is 10.0 Å². The molecule has 2 aromatic rings. The van der Waals surface area contributed by atoms with E-state index in [-0.39, 0.29) is 17.4 Å². The zero-order valence-corrected chi connectivity index (χ0v) is 12.0. The summed E-state index contributed by atoms with van der Waals surface area (Å²) in [5, 5.41) is 17.7. The van der Waals surface area contributed by atoms with Gasteiger partial charge >= 0.3 is 0 Å². The molecule has 1 aromatic carbocycles. The van der Waals surface area contributed by atoms with Crippen LogP contribution in [0.5, 0.6) is 0 Å². The van der Waals surface area contributed by atoms with Gasteiger partial charge in [-0.3, -0.25) is 0 Å². The number of hydrogen-bond donors (Lipinski definition) is 2. The predicted molar refractivity (Wildman–Crippen MR) is 75.4 cm³/mol. The molecule has 2 N–H and O–H groups in total. The fourth-order valence-electron chi connectivity index (χ4n) is 1.61. The molecule has 0 fully saturated rings. The van der Waals surface area contributed by atoms with Crippen molar-refractivity contribution in [2.24, 2.45) is 0 Å². The van der Waals surface area contributed by atoms with Crippen molar-refractivity contribution in [1.29, 1.82) is 5.26 Å². The van der Waals surface area contributed by atoms with Crippen LogP contribution in [-0.2, 0) is 23.2 Å². The number of hydrogen-bond acceptors (Lipinski definition) is 5. The molecule has 0 aliphatic heterocycles. The summed E-state index contributed by atoms with van der Waals surface area (Å²) >= 11 is 0.931. The first kappa shape index (κ1) is 14.7. The summed E-state index contributed by atoms with van der Waals surface area (Å²) in [6.45, 7) is 0.0486. The van der Waals surface area contributed by atoms with Gasteiger partial charge in [0.1, 0.15) is 15.2 Å². The highest BCUT2D eigenvalue weighted by molar-refractivity contribution is 7.91. The first-order chi connectivity index (χ1) is 9.55. The standard InChI is InChI=1S/C13H12N2O3S2/c14-7-12-4-5-13(19-12)20(17,18)15-8-10-2-1-3-11(6-10)9-16/h1-6,15-16H,8-9H2. The predicted octanol–water partition coefficient (Wildman–Crippen LogP) is 1.59. The second-order valence-electron chi connectivity index (χ2n) is 4.03. The Morgan fingerprint density at radius 1 is 1.25 bits per heavy atom. The van der Waals surface area contributed by atoms with Crippen LogP contribution in [0.2, 0.25) is 0 Å². The fourth-order valence-corrected chi connectivity index (χ4v) is 3.78. The Bertz CT molecular complexity index is 745. The van der Waals surface area contributed by atoms with E-state index in [1.54, 1.807) is 24.3 Å². The summed E-state index contributed by atoms with van der Waals surface area (Å²) in [7, 11) is -3.61. The smallest absolute Gasteiger partial charge is 0.250 e. The Balaban J connectivity index is 2.11. The number of nitriles is 1. The van der Waals surface area contributed by atoms with Crippen molar-refractivity contribution < 1.29 is 13.5 Å². The minimum absolute atomic E-state index is 0.0863. The average molecular weight is 308 g/mol. The Labute approximate surface area is 121 Å². The summed E-state index contributed by atoms with van der Waals surface area (Å²) in [6, 6.07) is 11.8. The zero-order chi connectivity index (χ0) is 14.6. The van der Waals surface area contributed by atoms with Gasteiger partial charge in [-0.1, -0.05) is 24.3 Å². The quantitative estimate of drug-likeness (QED) is 0.877. The molecule has 104 valence electrons. The molecule has 7 heteroatoms. The van der Waals surface area contributed by atoms with Crippen LogP contribution in [0, 0.1) is 11.3 Å². The highest BCUT2D eigenvalue weighted by Crippen LogP contribution is 2.20. The van der Waals surface area contributed by atoms with Gasteiger partial charge in [0.15, 0.2) is 0 Å². The maximum Gasteiger partial charge on any atom is 0.250 e. The molecule has 1 aromatic heterocycles. The van der Waals surface area contributed by atoms with Crippen LogP contribution in [0.4, 0.5) is 0 Å². The molecule has 0 bridgehead atoms. The molecule has 0 spiro atoms. The van der Waals surface area contributed by atoms with Crippen LogP contribution in [0.3, 0.4) is 0 Å². The lowest BCUT2D eigenvalue weighted by atomic mass is 10.1. The van der Waals surface area contributed by atoms with E-state index in [1.165, 1.54) is 12.1 Å². The fraction of sp³-hybridized carbons (Fsp3) is 0.154. The van der Waals surface area contributed by atoms with E-state index in [0.717, 1.165) is 22.5 Å². The van der Waals surface area contributed by atoms with Gasteiger partial charge in [-0.05, 0) is 23.3 Å². The van der Waals surface area contributed by atoms with Gasteiger partial charge in [0.05, 0.1) is 6.61 Å². The normalized spacial score (nSPS) is 11.2. The molecule has 0 aliphatic rings. The Hall–Kier alpha value is -1.72. The molecule has 0 radical (unpaired) electrons. The molecular weight excluding hydrogens is 296 g/mol. The number of nitrogens with zero attached hydrogens (tertiary/aromatic N) is 1. The topological polar surface area (TPSA) is 90.2 Å². The second-order valence-corrected chi connectivity index (χ2v) is 7.11. The molecule has 0 atom stereocenters. The molecule has 1 heterocycles. The zero-order valence-electron chi connectivity index (χ0n) is 10.4. The summed E-state index contributed by atoms with van der Waals surface area (Å²) < 4.78 is 26.6. The first-order valence-electron chi connectivity index (χ1n) is 5.73.